The third-order valence-corrected chi connectivity index (χ3v) is 2.98. The molecule has 0 aliphatic rings. The fourth-order valence-corrected chi connectivity index (χ4v) is 2.18. The van der Waals surface area contributed by atoms with Crippen molar-refractivity contribution in [2.24, 2.45) is 0 Å². The van der Waals surface area contributed by atoms with E-state index >= 15 is 0 Å². The molecule has 0 aliphatic heterocycles. The lowest BCUT2D eigenvalue weighted by atomic mass is 10.2. The monoisotopic (exact) mass is 269 g/mol. The van der Waals surface area contributed by atoms with Gasteiger partial charge in [0.25, 0.3) is 5.56 Å². The maximum Gasteiger partial charge on any atom is 0.253 e. The van der Waals surface area contributed by atoms with Gasteiger partial charge >= 0.3 is 0 Å². The third kappa shape index (κ3) is 3.30. The SMILES string of the molecule is Nc1cc(=O)[nH]c(SCc2cc(F)cc(F)c2)n1. The van der Waals surface area contributed by atoms with Crippen molar-refractivity contribution in [3.8, 4) is 0 Å². The van der Waals surface area contributed by atoms with Gasteiger partial charge in [0.1, 0.15) is 17.5 Å². The van der Waals surface area contributed by atoms with Crippen LogP contribution in [-0.2, 0) is 5.75 Å². The zero-order chi connectivity index (χ0) is 13.1. The predicted molar refractivity (Wildman–Crippen MR) is 65.2 cm³/mol. The van der Waals surface area contributed by atoms with Gasteiger partial charge in [0.2, 0.25) is 0 Å². The summed E-state index contributed by atoms with van der Waals surface area (Å²) in [6.45, 7) is 0. The van der Waals surface area contributed by atoms with Gasteiger partial charge in [0, 0.05) is 17.9 Å². The first kappa shape index (κ1) is 12.6. The molecular weight excluding hydrogens is 260 g/mol. The van der Waals surface area contributed by atoms with Gasteiger partial charge in [-0.15, -0.1) is 0 Å². The molecule has 1 aromatic carbocycles. The summed E-state index contributed by atoms with van der Waals surface area (Å²) in [4.78, 5) is 17.5. The first-order valence-electron chi connectivity index (χ1n) is 4.97. The Labute approximate surface area is 105 Å². The lowest BCUT2D eigenvalue weighted by molar-refractivity contribution is 0.581. The van der Waals surface area contributed by atoms with E-state index in [0.717, 1.165) is 23.9 Å². The van der Waals surface area contributed by atoms with E-state index in [-0.39, 0.29) is 17.1 Å². The lowest BCUT2D eigenvalue weighted by Gasteiger charge is -2.02. The number of rotatable bonds is 3. The van der Waals surface area contributed by atoms with Gasteiger partial charge in [-0.05, 0) is 17.7 Å². The summed E-state index contributed by atoms with van der Waals surface area (Å²) >= 11 is 1.14. The highest BCUT2D eigenvalue weighted by Gasteiger charge is 2.04. The molecule has 3 N–H and O–H groups in total. The molecule has 0 bridgehead atoms. The minimum Gasteiger partial charge on any atom is -0.383 e. The molecule has 94 valence electrons. The Hall–Kier alpha value is -1.89. The number of nitrogens with one attached hydrogen (secondary N) is 1. The molecule has 0 aliphatic carbocycles. The molecule has 2 rings (SSSR count). The number of nitrogens with two attached hydrogens (primary N) is 1. The second-order valence-corrected chi connectivity index (χ2v) is 4.51. The molecule has 0 fully saturated rings. The lowest BCUT2D eigenvalue weighted by Crippen LogP contribution is -2.09. The summed E-state index contributed by atoms with van der Waals surface area (Å²) in [5, 5.41) is 0.310. The van der Waals surface area contributed by atoms with E-state index in [1.807, 2.05) is 0 Å². The fourth-order valence-electron chi connectivity index (χ4n) is 1.37. The number of anilines is 1. The summed E-state index contributed by atoms with van der Waals surface area (Å²) in [5.41, 5.74) is 5.51. The van der Waals surface area contributed by atoms with Crippen LogP contribution in [0.1, 0.15) is 5.56 Å². The van der Waals surface area contributed by atoms with Crippen molar-refractivity contribution in [1.82, 2.24) is 9.97 Å². The van der Waals surface area contributed by atoms with E-state index in [4.69, 9.17) is 5.73 Å². The Morgan fingerprint density at radius 2 is 1.89 bits per heavy atom. The molecule has 1 aromatic heterocycles. The number of thioether (sulfide) groups is 1. The zero-order valence-corrected chi connectivity index (χ0v) is 9.93. The largest absolute Gasteiger partial charge is 0.383 e. The number of hydrogen-bond acceptors (Lipinski definition) is 4. The van der Waals surface area contributed by atoms with Gasteiger partial charge in [-0.3, -0.25) is 4.79 Å². The minimum atomic E-state index is -0.639. The first-order valence-corrected chi connectivity index (χ1v) is 5.96. The van der Waals surface area contributed by atoms with Crippen molar-refractivity contribution in [2.75, 3.05) is 5.73 Å². The number of nitrogen functional groups attached to an aromatic ring is 1. The normalized spacial score (nSPS) is 10.6. The molecule has 0 saturated carbocycles. The van der Waals surface area contributed by atoms with E-state index in [0.29, 0.717) is 10.7 Å². The number of nitrogens with zero attached hydrogens (tertiary/aromatic N) is 1. The average molecular weight is 269 g/mol. The van der Waals surface area contributed by atoms with Crippen LogP contribution >= 0.6 is 11.8 Å². The standard InChI is InChI=1S/C11H9F2N3OS/c12-7-1-6(2-8(13)3-7)5-18-11-15-9(14)4-10(17)16-11/h1-4H,5H2,(H3,14,15,16,17). The molecule has 0 radical (unpaired) electrons. The fraction of sp³-hybridized carbons (Fsp3) is 0.0909. The van der Waals surface area contributed by atoms with Crippen molar-refractivity contribution in [1.29, 1.82) is 0 Å². The van der Waals surface area contributed by atoms with E-state index < -0.39 is 11.6 Å². The molecule has 0 amide bonds. The Morgan fingerprint density at radius 1 is 1.22 bits per heavy atom. The highest BCUT2D eigenvalue weighted by Crippen LogP contribution is 2.20. The molecule has 0 atom stereocenters. The topological polar surface area (TPSA) is 71.8 Å². The van der Waals surface area contributed by atoms with E-state index in [2.05, 4.69) is 9.97 Å². The second kappa shape index (κ2) is 5.18. The smallest absolute Gasteiger partial charge is 0.253 e. The Bertz CT molecular complexity index is 610. The van der Waals surface area contributed by atoms with Crippen molar-refractivity contribution >= 4 is 17.6 Å². The number of aromatic nitrogens is 2. The molecule has 7 heteroatoms. The molecule has 2 aromatic rings. The third-order valence-electron chi connectivity index (χ3n) is 2.04. The summed E-state index contributed by atoms with van der Waals surface area (Å²) in [7, 11) is 0. The summed E-state index contributed by atoms with van der Waals surface area (Å²) in [6, 6.07) is 4.40. The van der Waals surface area contributed by atoms with Gasteiger partial charge in [0.15, 0.2) is 5.16 Å². The molecule has 1 heterocycles. The zero-order valence-electron chi connectivity index (χ0n) is 9.11. The minimum absolute atomic E-state index is 0.103. The van der Waals surface area contributed by atoms with Crippen molar-refractivity contribution in [2.45, 2.75) is 10.9 Å². The number of benzene rings is 1. The Morgan fingerprint density at radius 3 is 2.50 bits per heavy atom. The van der Waals surface area contributed by atoms with Gasteiger partial charge in [0.05, 0.1) is 0 Å². The van der Waals surface area contributed by atoms with Crippen LogP contribution in [0.5, 0.6) is 0 Å². The van der Waals surface area contributed by atoms with Crippen LogP contribution in [-0.4, -0.2) is 9.97 Å². The van der Waals surface area contributed by atoms with E-state index in [9.17, 15) is 13.6 Å². The highest BCUT2D eigenvalue weighted by atomic mass is 32.2. The maximum absolute atomic E-state index is 12.9. The van der Waals surface area contributed by atoms with Gasteiger partial charge in [-0.1, -0.05) is 11.8 Å². The summed E-state index contributed by atoms with van der Waals surface area (Å²) < 4.78 is 25.9. The number of hydrogen-bond donors (Lipinski definition) is 2. The molecular formula is C11H9F2N3OS. The second-order valence-electron chi connectivity index (χ2n) is 3.54. The van der Waals surface area contributed by atoms with Crippen molar-refractivity contribution in [3.05, 3.63) is 51.8 Å². The number of aromatic amines is 1. The predicted octanol–water partition coefficient (Wildman–Crippen LogP) is 1.92. The van der Waals surface area contributed by atoms with Crippen LogP contribution in [0.2, 0.25) is 0 Å². The van der Waals surface area contributed by atoms with Crippen LogP contribution in [0.25, 0.3) is 0 Å². The van der Waals surface area contributed by atoms with Crippen molar-refractivity contribution < 1.29 is 8.78 Å². The molecule has 18 heavy (non-hydrogen) atoms. The maximum atomic E-state index is 12.9. The molecule has 0 unspecified atom stereocenters. The average Bonchev–Trinajstić information content (AvgIpc) is 2.23. The van der Waals surface area contributed by atoms with Crippen LogP contribution in [0, 0.1) is 11.6 Å². The number of H-pyrrole nitrogens is 1. The van der Waals surface area contributed by atoms with E-state index in [1.54, 1.807) is 0 Å². The van der Waals surface area contributed by atoms with Crippen LogP contribution in [0.15, 0.2) is 34.2 Å². The number of halogens is 2. The van der Waals surface area contributed by atoms with Crippen LogP contribution in [0.4, 0.5) is 14.6 Å². The van der Waals surface area contributed by atoms with Crippen LogP contribution in [0.3, 0.4) is 0 Å². The molecule has 0 saturated heterocycles. The summed E-state index contributed by atoms with van der Waals surface area (Å²) in [6.07, 6.45) is 0. The Balaban J connectivity index is 2.13. The van der Waals surface area contributed by atoms with Crippen molar-refractivity contribution in [3.63, 3.8) is 0 Å². The Kier molecular flexibility index (Phi) is 3.61. The van der Waals surface area contributed by atoms with Gasteiger partial charge in [-0.25, -0.2) is 13.8 Å². The quantitative estimate of drug-likeness (QED) is 0.659. The van der Waals surface area contributed by atoms with Gasteiger partial charge < -0.3 is 10.7 Å². The van der Waals surface area contributed by atoms with Crippen LogP contribution < -0.4 is 11.3 Å². The summed E-state index contributed by atoms with van der Waals surface area (Å²) in [5.74, 6) is -0.896. The van der Waals surface area contributed by atoms with Gasteiger partial charge in [-0.2, -0.15) is 0 Å². The molecule has 0 spiro atoms. The first-order chi connectivity index (χ1) is 8.52. The highest BCUT2D eigenvalue weighted by molar-refractivity contribution is 7.98. The van der Waals surface area contributed by atoms with E-state index in [1.165, 1.54) is 12.1 Å². The molecule has 4 nitrogen and oxygen atoms in total.